The third-order valence-corrected chi connectivity index (χ3v) is 5.97. The zero-order valence-corrected chi connectivity index (χ0v) is 17.6. The molecule has 0 radical (unpaired) electrons. The molecule has 6 heteroatoms. The Balaban J connectivity index is 1.41. The molecule has 156 valence electrons. The Kier molecular flexibility index (Phi) is 6.12. The molecule has 4 rings (SSSR count). The Hall–Kier alpha value is -3.15. The van der Waals surface area contributed by atoms with Gasteiger partial charge in [0.2, 0.25) is 0 Å². The summed E-state index contributed by atoms with van der Waals surface area (Å²) in [7, 11) is 0. The van der Waals surface area contributed by atoms with Crippen molar-refractivity contribution in [2.45, 2.75) is 39.3 Å². The second-order valence-electron chi connectivity index (χ2n) is 7.89. The van der Waals surface area contributed by atoms with E-state index in [9.17, 15) is 4.79 Å². The van der Waals surface area contributed by atoms with E-state index in [2.05, 4.69) is 46.1 Å². The zero-order chi connectivity index (χ0) is 20.9. The number of aromatic nitrogens is 3. The molecule has 0 aliphatic carbocycles. The largest absolute Gasteiger partial charge is 0.485 e. The predicted molar refractivity (Wildman–Crippen MR) is 118 cm³/mol. The molecule has 6 nitrogen and oxygen atoms in total. The van der Waals surface area contributed by atoms with Gasteiger partial charge >= 0.3 is 0 Å². The summed E-state index contributed by atoms with van der Waals surface area (Å²) in [6.07, 6.45) is 5.51. The highest BCUT2D eigenvalue weighted by Crippen LogP contribution is 2.31. The number of anilines is 1. The molecule has 3 aromatic rings. The number of aryl methyl sites for hydroxylation is 1. The number of hydrogen-bond donors (Lipinski definition) is 0. The third kappa shape index (κ3) is 4.53. The maximum atomic E-state index is 12.9. The van der Waals surface area contributed by atoms with Crippen molar-refractivity contribution in [3.05, 3.63) is 82.8 Å². The molecule has 0 N–H and O–H groups in total. The molecule has 3 heterocycles. The summed E-state index contributed by atoms with van der Waals surface area (Å²) >= 11 is 0. The van der Waals surface area contributed by atoms with E-state index in [-0.39, 0.29) is 18.2 Å². The van der Waals surface area contributed by atoms with Crippen LogP contribution in [0.3, 0.4) is 0 Å². The van der Waals surface area contributed by atoms with Gasteiger partial charge in [-0.05, 0) is 56.9 Å². The number of para-hydroxylation sites is 1. The predicted octanol–water partition coefficient (Wildman–Crippen LogP) is 4.00. The molecular formula is C24H28N4O2. The van der Waals surface area contributed by atoms with Crippen LogP contribution in [-0.4, -0.2) is 27.6 Å². The highest BCUT2D eigenvalue weighted by molar-refractivity contribution is 5.46. The van der Waals surface area contributed by atoms with E-state index < -0.39 is 0 Å². The number of benzene rings is 1. The molecule has 1 atom stereocenters. The Morgan fingerprint density at radius 1 is 1.07 bits per heavy atom. The minimum atomic E-state index is -0.0167. The molecule has 30 heavy (non-hydrogen) atoms. The van der Waals surface area contributed by atoms with E-state index >= 15 is 0 Å². The molecule has 1 fully saturated rings. The summed E-state index contributed by atoms with van der Waals surface area (Å²) in [4.78, 5) is 23.6. The van der Waals surface area contributed by atoms with Crippen LogP contribution < -0.4 is 15.2 Å². The van der Waals surface area contributed by atoms with Crippen molar-refractivity contribution >= 4 is 5.69 Å². The number of hydrogen-bond acceptors (Lipinski definition) is 5. The minimum absolute atomic E-state index is 0.0167. The SMILES string of the molecule is Cc1cc(OCc2ncccn2)cc(=O)n1C(C)C1CCN(c2ccccc2)CC1. The number of nitrogens with zero attached hydrogens (tertiary/aromatic N) is 4. The van der Waals surface area contributed by atoms with E-state index in [4.69, 9.17) is 4.74 Å². The summed E-state index contributed by atoms with van der Waals surface area (Å²) in [6, 6.07) is 16.0. The van der Waals surface area contributed by atoms with Crippen molar-refractivity contribution in [2.75, 3.05) is 18.0 Å². The molecular weight excluding hydrogens is 376 g/mol. The normalized spacial score (nSPS) is 15.7. The van der Waals surface area contributed by atoms with Crippen LogP contribution in [0.15, 0.2) is 65.7 Å². The Morgan fingerprint density at radius 3 is 2.43 bits per heavy atom. The smallest absolute Gasteiger partial charge is 0.254 e. The van der Waals surface area contributed by atoms with Crippen LogP contribution >= 0.6 is 0 Å². The van der Waals surface area contributed by atoms with Crippen molar-refractivity contribution < 1.29 is 4.74 Å². The van der Waals surface area contributed by atoms with Gasteiger partial charge in [0.1, 0.15) is 12.4 Å². The van der Waals surface area contributed by atoms with E-state index in [1.807, 2.05) is 23.6 Å². The van der Waals surface area contributed by atoms with Gasteiger partial charge in [-0.1, -0.05) is 18.2 Å². The molecule has 0 spiro atoms. The summed E-state index contributed by atoms with van der Waals surface area (Å²) in [6.45, 7) is 6.42. The molecule has 0 amide bonds. The second kappa shape index (κ2) is 9.11. The fourth-order valence-electron chi connectivity index (χ4n) is 4.33. The fraction of sp³-hybridized carbons (Fsp3) is 0.375. The molecule has 1 unspecified atom stereocenters. The lowest BCUT2D eigenvalue weighted by atomic mass is 9.89. The van der Waals surface area contributed by atoms with Crippen LogP contribution in [0.2, 0.25) is 0 Å². The monoisotopic (exact) mass is 404 g/mol. The molecule has 0 saturated carbocycles. The quantitative estimate of drug-likeness (QED) is 0.621. The first-order valence-electron chi connectivity index (χ1n) is 10.5. The molecule has 1 aliphatic rings. The lowest BCUT2D eigenvalue weighted by Gasteiger charge is -2.37. The Morgan fingerprint density at radius 2 is 1.77 bits per heavy atom. The van der Waals surface area contributed by atoms with Gasteiger partial charge in [0.25, 0.3) is 5.56 Å². The van der Waals surface area contributed by atoms with Gasteiger partial charge in [-0.2, -0.15) is 0 Å². The van der Waals surface area contributed by atoms with Crippen LogP contribution in [-0.2, 0) is 6.61 Å². The summed E-state index contributed by atoms with van der Waals surface area (Å²) in [5.74, 6) is 1.64. The van der Waals surface area contributed by atoms with Gasteiger partial charge in [-0.25, -0.2) is 9.97 Å². The van der Waals surface area contributed by atoms with E-state index in [1.54, 1.807) is 24.5 Å². The first-order valence-corrected chi connectivity index (χ1v) is 10.5. The Bertz CT molecular complexity index is 1010. The van der Waals surface area contributed by atoms with Crippen LogP contribution in [0.5, 0.6) is 5.75 Å². The fourth-order valence-corrected chi connectivity index (χ4v) is 4.33. The molecule has 2 aromatic heterocycles. The van der Waals surface area contributed by atoms with Crippen LogP contribution in [0.1, 0.15) is 37.3 Å². The molecule has 1 aliphatic heterocycles. The third-order valence-electron chi connectivity index (χ3n) is 5.97. The summed E-state index contributed by atoms with van der Waals surface area (Å²) < 4.78 is 7.66. The number of ether oxygens (including phenoxy) is 1. The summed E-state index contributed by atoms with van der Waals surface area (Å²) in [5, 5.41) is 0. The van der Waals surface area contributed by atoms with Crippen LogP contribution in [0, 0.1) is 12.8 Å². The lowest BCUT2D eigenvalue weighted by molar-refractivity contribution is 0.276. The van der Waals surface area contributed by atoms with Crippen molar-refractivity contribution in [2.24, 2.45) is 5.92 Å². The zero-order valence-electron chi connectivity index (χ0n) is 17.6. The number of piperidine rings is 1. The van der Waals surface area contributed by atoms with Crippen LogP contribution in [0.25, 0.3) is 0 Å². The highest BCUT2D eigenvalue weighted by atomic mass is 16.5. The van der Waals surface area contributed by atoms with E-state index in [0.29, 0.717) is 17.5 Å². The lowest BCUT2D eigenvalue weighted by Crippen LogP contribution is -2.38. The topological polar surface area (TPSA) is 60.3 Å². The van der Waals surface area contributed by atoms with Crippen molar-refractivity contribution in [1.82, 2.24) is 14.5 Å². The molecule has 0 bridgehead atoms. The van der Waals surface area contributed by atoms with E-state index in [1.165, 1.54) is 5.69 Å². The average molecular weight is 405 g/mol. The average Bonchev–Trinajstić information content (AvgIpc) is 2.78. The van der Waals surface area contributed by atoms with Gasteiger partial charge in [0, 0.05) is 49.0 Å². The van der Waals surface area contributed by atoms with Crippen LogP contribution in [0.4, 0.5) is 5.69 Å². The minimum Gasteiger partial charge on any atom is -0.485 e. The first-order chi connectivity index (χ1) is 14.6. The van der Waals surface area contributed by atoms with Crippen molar-refractivity contribution in [1.29, 1.82) is 0 Å². The second-order valence-corrected chi connectivity index (χ2v) is 7.89. The van der Waals surface area contributed by atoms with Gasteiger partial charge in [0.05, 0.1) is 0 Å². The van der Waals surface area contributed by atoms with Crippen molar-refractivity contribution in [3.63, 3.8) is 0 Å². The van der Waals surface area contributed by atoms with E-state index in [0.717, 1.165) is 31.6 Å². The molecule has 1 saturated heterocycles. The van der Waals surface area contributed by atoms with Gasteiger partial charge in [0.15, 0.2) is 5.82 Å². The van der Waals surface area contributed by atoms with Gasteiger partial charge in [-0.3, -0.25) is 4.79 Å². The van der Waals surface area contributed by atoms with Crippen molar-refractivity contribution in [3.8, 4) is 5.75 Å². The first kappa shape index (κ1) is 20.1. The summed E-state index contributed by atoms with van der Waals surface area (Å²) in [5.41, 5.74) is 2.18. The Labute approximate surface area is 177 Å². The van der Waals surface area contributed by atoms with Gasteiger partial charge in [-0.15, -0.1) is 0 Å². The van der Waals surface area contributed by atoms with Gasteiger partial charge < -0.3 is 14.2 Å². The standard InChI is InChI=1S/C24H28N4O2/c1-18-15-22(30-17-23-25-11-6-12-26-23)16-24(29)28(18)19(2)20-9-13-27(14-10-20)21-7-4-3-5-8-21/h3-8,11-12,15-16,19-20H,9-10,13-14,17H2,1-2H3. The highest BCUT2D eigenvalue weighted by Gasteiger charge is 2.26. The maximum absolute atomic E-state index is 12.9. The number of rotatable bonds is 6. The molecule has 1 aromatic carbocycles. The maximum Gasteiger partial charge on any atom is 0.254 e. The number of pyridine rings is 1.